The molecule has 0 fully saturated rings. The van der Waals surface area contributed by atoms with Crippen LogP contribution in [-0.2, 0) is 16.2 Å². The lowest BCUT2D eigenvalue weighted by molar-refractivity contribution is -0.137. The van der Waals surface area contributed by atoms with Gasteiger partial charge >= 0.3 is 6.18 Å². The van der Waals surface area contributed by atoms with Gasteiger partial charge in [0.15, 0.2) is 0 Å². The summed E-state index contributed by atoms with van der Waals surface area (Å²) in [5, 5.41) is 2.62. The lowest BCUT2D eigenvalue weighted by atomic mass is 10.2. The van der Waals surface area contributed by atoms with E-state index in [1.54, 1.807) is 23.7 Å². The lowest BCUT2D eigenvalue weighted by Gasteiger charge is -2.23. The number of alkyl halides is 3. The minimum Gasteiger partial charge on any atom is -0.264 e. The molecule has 0 saturated heterocycles. The van der Waals surface area contributed by atoms with Crippen LogP contribution in [0.3, 0.4) is 0 Å². The van der Waals surface area contributed by atoms with Crippen molar-refractivity contribution in [2.75, 3.05) is 4.31 Å². The van der Waals surface area contributed by atoms with Crippen LogP contribution in [0.2, 0.25) is 5.02 Å². The molecule has 4 aromatic rings. The molecule has 0 aliphatic rings. The fraction of sp³-hybridized carbons (Fsp3) is 0.0526. The molecule has 4 rings (SSSR count). The van der Waals surface area contributed by atoms with Gasteiger partial charge in [-0.1, -0.05) is 17.7 Å². The van der Waals surface area contributed by atoms with E-state index in [0.717, 1.165) is 33.2 Å². The molecule has 30 heavy (non-hydrogen) atoms. The number of anilines is 2. The number of nitrogens with zero attached hydrogens (tertiary/aromatic N) is 3. The third kappa shape index (κ3) is 3.73. The number of thiazole rings is 1. The molecule has 0 bridgehead atoms. The highest BCUT2D eigenvalue weighted by atomic mass is 35.5. The number of pyridine rings is 1. The van der Waals surface area contributed by atoms with E-state index in [1.807, 2.05) is 0 Å². The van der Waals surface area contributed by atoms with Crippen molar-refractivity contribution >= 4 is 54.6 Å². The zero-order chi connectivity index (χ0) is 21.5. The van der Waals surface area contributed by atoms with Gasteiger partial charge in [-0.3, -0.25) is 4.98 Å². The number of sulfonamides is 1. The Labute approximate surface area is 178 Å². The zero-order valence-corrected chi connectivity index (χ0v) is 17.2. The van der Waals surface area contributed by atoms with Crippen molar-refractivity contribution in [3.63, 3.8) is 0 Å². The van der Waals surface area contributed by atoms with Gasteiger partial charge in [0.2, 0.25) is 5.13 Å². The van der Waals surface area contributed by atoms with Crippen molar-refractivity contribution in [2.45, 2.75) is 11.1 Å². The minimum atomic E-state index is -4.61. The molecule has 0 atom stereocenters. The second-order valence-electron chi connectivity index (χ2n) is 6.13. The number of fused-ring (bicyclic) bond motifs is 1. The van der Waals surface area contributed by atoms with Crippen LogP contribution in [0.4, 0.5) is 24.0 Å². The van der Waals surface area contributed by atoms with Gasteiger partial charge in [0.05, 0.1) is 21.2 Å². The highest BCUT2D eigenvalue weighted by molar-refractivity contribution is 7.93. The van der Waals surface area contributed by atoms with E-state index in [2.05, 4.69) is 9.97 Å². The first-order valence-electron chi connectivity index (χ1n) is 8.33. The zero-order valence-electron chi connectivity index (χ0n) is 14.8. The highest BCUT2D eigenvalue weighted by Gasteiger charge is 2.34. The maximum Gasteiger partial charge on any atom is 0.416 e. The molecule has 0 aliphatic carbocycles. The van der Waals surface area contributed by atoms with E-state index >= 15 is 0 Å². The van der Waals surface area contributed by atoms with Crippen LogP contribution < -0.4 is 4.31 Å². The van der Waals surface area contributed by atoms with E-state index in [4.69, 9.17) is 11.6 Å². The Hall–Kier alpha value is -2.69. The van der Waals surface area contributed by atoms with E-state index in [9.17, 15) is 21.6 Å². The summed E-state index contributed by atoms with van der Waals surface area (Å²) in [5.74, 6) is 0. The first-order valence-corrected chi connectivity index (χ1v) is 11.0. The van der Waals surface area contributed by atoms with Crippen LogP contribution in [0.5, 0.6) is 0 Å². The summed E-state index contributed by atoms with van der Waals surface area (Å²) >= 11 is 7.11. The van der Waals surface area contributed by atoms with Crippen molar-refractivity contribution in [2.24, 2.45) is 0 Å². The smallest absolute Gasteiger partial charge is 0.264 e. The second-order valence-corrected chi connectivity index (χ2v) is 9.20. The molecule has 2 aromatic heterocycles. The van der Waals surface area contributed by atoms with Crippen LogP contribution >= 0.6 is 22.9 Å². The van der Waals surface area contributed by atoms with Gasteiger partial charge in [-0.25, -0.2) is 17.7 Å². The maximum atomic E-state index is 13.5. The molecule has 0 unspecified atom stereocenters. The molecule has 0 amide bonds. The third-order valence-corrected chi connectivity index (χ3v) is 7.11. The van der Waals surface area contributed by atoms with Gasteiger partial charge in [0.25, 0.3) is 10.0 Å². The number of rotatable bonds is 4. The van der Waals surface area contributed by atoms with Crippen molar-refractivity contribution in [3.8, 4) is 0 Å². The number of hydrogen-bond acceptors (Lipinski definition) is 5. The SMILES string of the molecule is O=S(=O)(c1ccc2cnccc2c1)N(c1nccs1)c1ccc(C(F)(F)F)cc1Cl. The molecule has 0 aliphatic heterocycles. The summed E-state index contributed by atoms with van der Waals surface area (Å²) in [5.41, 5.74) is -1.11. The lowest BCUT2D eigenvalue weighted by Crippen LogP contribution is -2.26. The fourth-order valence-electron chi connectivity index (χ4n) is 2.83. The quantitative estimate of drug-likeness (QED) is 0.374. The second kappa shape index (κ2) is 7.53. The fourth-order valence-corrected chi connectivity index (χ4v) is 5.52. The molecule has 0 radical (unpaired) electrons. The Morgan fingerprint density at radius 1 is 1.00 bits per heavy atom. The molecule has 2 heterocycles. The molecule has 5 nitrogen and oxygen atoms in total. The standard InChI is InChI=1S/C19H11ClF3N3O2S2/c20-16-10-14(19(21,22)23)2-4-17(16)26(18-25-7-8-29-18)30(27,28)15-3-1-13-11-24-6-5-12(13)9-15/h1-11H. The Morgan fingerprint density at radius 2 is 1.80 bits per heavy atom. The van der Waals surface area contributed by atoms with Crippen molar-refractivity contribution < 1.29 is 21.6 Å². The summed E-state index contributed by atoms with van der Waals surface area (Å²) < 4.78 is 66.9. The van der Waals surface area contributed by atoms with Crippen molar-refractivity contribution in [1.82, 2.24) is 9.97 Å². The van der Waals surface area contributed by atoms with Crippen molar-refractivity contribution in [1.29, 1.82) is 0 Å². The molecule has 2 aromatic carbocycles. The van der Waals surface area contributed by atoms with E-state index < -0.39 is 21.8 Å². The molecular weight excluding hydrogens is 459 g/mol. The number of aromatic nitrogens is 2. The van der Waals surface area contributed by atoms with Gasteiger partial charge in [-0.2, -0.15) is 13.2 Å². The van der Waals surface area contributed by atoms with Crippen LogP contribution in [-0.4, -0.2) is 18.4 Å². The monoisotopic (exact) mass is 469 g/mol. The van der Waals surface area contributed by atoms with Gasteiger partial charge < -0.3 is 0 Å². The van der Waals surface area contributed by atoms with Crippen LogP contribution in [0.1, 0.15) is 5.56 Å². The summed E-state index contributed by atoms with van der Waals surface area (Å²) in [4.78, 5) is 7.96. The Balaban J connectivity index is 1.89. The van der Waals surface area contributed by atoms with E-state index in [-0.39, 0.29) is 20.7 Å². The van der Waals surface area contributed by atoms with Gasteiger partial charge in [0, 0.05) is 29.4 Å². The predicted octanol–water partition coefficient (Wildman–Crippen LogP) is 5.89. The highest BCUT2D eigenvalue weighted by Crippen LogP contribution is 2.41. The number of hydrogen-bond donors (Lipinski definition) is 0. The Morgan fingerprint density at radius 3 is 2.47 bits per heavy atom. The Kier molecular flexibility index (Phi) is 5.16. The summed E-state index contributed by atoms with van der Waals surface area (Å²) in [6, 6.07) is 8.62. The topological polar surface area (TPSA) is 63.2 Å². The summed E-state index contributed by atoms with van der Waals surface area (Å²) in [7, 11) is -4.24. The average molecular weight is 470 g/mol. The average Bonchev–Trinajstić information content (AvgIpc) is 3.22. The molecular formula is C19H11ClF3N3O2S2. The minimum absolute atomic E-state index is 0.0477. The van der Waals surface area contributed by atoms with Crippen molar-refractivity contribution in [3.05, 3.63) is 77.0 Å². The van der Waals surface area contributed by atoms with Crippen LogP contribution in [0, 0.1) is 0 Å². The van der Waals surface area contributed by atoms with Crippen LogP contribution in [0.15, 0.2) is 71.3 Å². The number of benzene rings is 2. The molecule has 0 N–H and O–H groups in total. The largest absolute Gasteiger partial charge is 0.416 e. The maximum absolute atomic E-state index is 13.5. The molecule has 0 spiro atoms. The van der Waals surface area contributed by atoms with E-state index in [1.165, 1.54) is 24.5 Å². The Bertz CT molecular complexity index is 1330. The first-order chi connectivity index (χ1) is 14.2. The molecule has 154 valence electrons. The van der Waals surface area contributed by atoms with E-state index in [0.29, 0.717) is 11.5 Å². The van der Waals surface area contributed by atoms with Gasteiger partial charge in [-0.15, -0.1) is 11.3 Å². The van der Waals surface area contributed by atoms with Crippen LogP contribution in [0.25, 0.3) is 10.8 Å². The summed E-state index contributed by atoms with van der Waals surface area (Å²) in [6.45, 7) is 0. The summed E-state index contributed by atoms with van der Waals surface area (Å²) in [6.07, 6.45) is -0.0902. The number of halogens is 4. The predicted molar refractivity (Wildman–Crippen MR) is 110 cm³/mol. The normalized spacial score (nSPS) is 12.3. The first kappa shape index (κ1) is 20.6. The molecule has 0 saturated carbocycles. The molecule has 11 heteroatoms. The third-order valence-electron chi connectivity index (χ3n) is 4.24. The van der Waals surface area contributed by atoms with Gasteiger partial charge in [0.1, 0.15) is 0 Å². The van der Waals surface area contributed by atoms with Gasteiger partial charge in [-0.05, 0) is 41.8 Å².